The van der Waals surface area contributed by atoms with Crippen LogP contribution < -0.4 is 0 Å². The molecule has 0 amide bonds. The van der Waals surface area contributed by atoms with Gasteiger partial charge in [0.2, 0.25) is 0 Å². The third-order valence-electron chi connectivity index (χ3n) is 2.69. The summed E-state index contributed by atoms with van der Waals surface area (Å²) in [4.78, 5) is 0. The maximum absolute atomic E-state index is 5.89. The first-order valence-electron chi connectivity index (χ1n) is 5.14. The number of allylic oxidation sites excluding steroid dienone is 1. The van der Waals surface area contributed by atoms with Crippen LogP contribution in [0.15, 0.2) is 42.5 Å². The minimum atomic E-state index is -0.0319. The molecule has 0 N–H and O–H groups in total. The van der Waals surface area contributed by atoms with Crippen molar-refractivity contribution in [3.63, 3.8) is 0 Å². The smallest absolute Gasteiger partial charge is 0.0841 e. The zero-order valence-electron chi connectivity index (χ0n) is 8.57. The Labute approximate surface area is 85.4 Å². The molecule has 1 atom stereocenters. The van der Waals surface area contributed by atoms with E-state index in [9.17, 15) is 0 Å². The lowest BCUT2D eigenvalue weighted by molar-refractivity contribution is -0.00636. The summed E-state index contributed by atoms with van der Waals surface area (Å²) in [6, 6.07) is 10.3. The number of rotatable bonds is 3. The molecule has 0 aliphatic heterocycles. The van der Waals surface area contributed by atoms with Crippen molar-refractivity contribution in [2.24, 2.45) is 0 Å². The fourth-order valence-corrected chi connectivity index (χ4v) is 1.73. The molecule has 1 aromatic rings. The first kappa shape index (κ1) is 9.47. The molecule has 0 saturated carbocycles. The van der Waals surface area contributed by atoms with Crippen molar-refractivity contribution in [2.45, 2.75) is 32.0 Å². The third kappa shape index (κ3) is 2.24. The molecule has 1 unspecified atom stereocenters. The maximum atomic E-state index is 5.89. The molecule has 0 spiro atoms. The highest BCUT2D eigenvalue weighted by atomic mass is 16.5. The molecule has 0 fully saturated rings. The van der Waals surface area contributed by atoms with E-state index in [1.165, 1.54) is 5.56 Å². The Morgan fingerprint density at radius 1 is 1.29 bits per heavy atom. The van der Waals surface area contributed by atoms with Crippen LogP contribution in [0.2, 0.25) is 0 Å². The standard InChI is InChI=1S/C13H16O/c1-13(9-5-6-10-13)14-11-12-7-3-2-4-8-12/h2-5,7-9H,6,10-11H2,1H3. The van der Waals surface area contributed by atoms with Gasteiger partial charge < -0.3 is 4.74 Å². The molecular weight excluding hydrogens is 172 g/mol. The van der Waals surface area contributed by atoms with Crippen molar-refractivity contribution in [3.05, 3.63) is 48.0 Å². The fourth-order valence-electron chi connectivity index (χ4n) is 1.73. The Morgan fingerprint density at radius 3 is 2.71 bits per heavy atom. The van der Waals surface area contributed by atoms with Gasteiger partial charge in [0.1, 0.15) is 0 Å². The van der Waals surface area contributed by atoms with Gasteiger partial charge in [-0.25, -0.2) is 0 Å². The van der Waals surface area contributed by atoms with Gasteiger partial charge in [-0.15, -0.1) is 0 Å². The number of ether oxygens (including phenoxy) is 1. The highest BCUT2D eigenvalue weighted by Gasteiger charge is 2.24. The fraction of sp³-hybridized carbons (Fsp3) is 0.385. The summed E-state index contributed by atoms with van der Waals surface area (Å²) in [5.41, 5.74) is 1.21. The Kier molecular flexibility index (Phi) is 2.69. The second kappa shape index (κ2) is 3.97. The molecule has 1 aliphatic rings. The molecule has 0 radical (unpaired) electrons. The van der Waals surface area contributed by atoms with Crippen LogP contribution in [0.4, 0.5) is 0 Å². The van der Waals surface area contributed by atoms with E-state index in [0.29, 0.717) is 6.61 Å². The van der Waals surface area contributed by atoms with E-state index in [1.807, 2.05) is 18.2 Å². The molecule has 0 bridgehead atoms. The summed E-state index contributed by atoms with van der Waals surface area (Å²) in [6.07, 6.45) is 6.63. The van der Waals surface area contributed by atoms with Crippen LogP contribution in [0.3, 0.4) is 0 Å². The topological polar surface area (TPSA) is 9.23 Å². The zero-order chi connectivity index (χ0) is 9.86. The van der Waals surface area contributed by atoms with Crippen molar-refractivity contribution in [1.29, 1.82) is 0 Å². The highest BCUT2D eigenvalue weighted by molar-refractivity contribution is 5.14. The van der Waals surface area contributed by atoms with Crippen molar-refractivity contribution in [3.8, 4) is 0 Å². The van der Waals surface area contributed by atoms with Crippen LogP contribution in [0.1, 0.15) is 25.3 Å². The molecule has 1 aromatic carbocycles. The summed E-state index contributed by atoms with van der Waals surface area (Å²) < 4.78 is 5.89. The quantitative estimate of drug-likeness (QED) is 0.661. The second-order valence-electron chi connectivity index (χ2n) is 4.03. The monoisotopic (exact) mass is 188 g/mol. The lowest BCUT2D eigenvalue weighted by Crippen LogP contribution is -2.22. The predicted molar refractivity (Wildman–Crippen MR) is 58.0 cm³/mol. The zero-order valence-corrected chi connectivity index (χ0v) is 8.57. The third-order valence-corrected chi connectivity index (χ3v) is 2.69. The lowest BCUT2D eigenvalue weighted by Gasteiger charge is -2.22. The van der Waals surface area contributed by atoms with Gasteiger partial charge in [0, 0.05) is 0 Å². The van der Waals surface area contributed by atoms with Crippen LogP contribution in [0, 0.1) is 0 Å². The van der Waals surface area contributed by atoms with Gasteiger partial charge >= 0.3 is 0 Å². The van der Waals surface area contributed by atoms with E-state index in [2.05, 4.69) is 31.2 Å². The average molecular weight is 188 g/mol. The van der Waals surface area contributed by atoms with Crippen molar-refractivity contribution < 1.29 is 4.74 Å². The molecular formula is C13H16O. The summed E-state index contributed by atoms with van der Waals surface area (Å²) in [7, 11) is 0. The maximum Gasteiger partial charge on any atom is 0.0841 e. The van der Waals surface area contributed by atoms with Crippen LogP contribution >= 0.6 is 0 Å². The average Bonchev–Trinajstić information content (AvgIpc) is 2.65. The normalized spacial score (nSPS) is 25.5. The van der Waals surface area contributed by atoms with Crippen molar-refractivity contribution >= 4 is 0 Å². The SMILES string of the molecule is CC1(OCc2ccccc2)C=CCC1. The van der Waals surface area contributed by atoms with Gasteiger partial charge in [-0.05, 0) is 25.3 Å². The van der Waals surface area contributed by atoms with Gasteiger partial charge in [0.25, 0.3) is 0 Å². The van der Waals surface area contributed by atoms with E-state index >= 15 is 0 Å². The molecule has 74 valence electrons. The van der Waals surface area contributed by atoms with E-state index in [4.69, 9.17) is 4.74 Å². The van der Waals surface area contributed by atoms with E-state index in [-0.39, 0.29) is 5.60 Å². The second-order valence-corrected chi connectivity index (χ2v) is 4.03. The molecule has 1 heteroatoms. The molecule has 2 rings (SSSR count). The lowest BCUT2D eigenvalue weighted by atomic mass is 10.1. The van der Waals surface area contributed by atoms with Gasteiger partial charge in [-0.2, -0.15) is 0 Å². The Morgan fingerprint density at radius 2 is 2.07 bits per heavy atom. The van der Waals surface area contributed by atoms with Gasteiger partial charge in [-0.3, -0.25) is 0 Å². The minimum Gasteiger partial charge on any atom is -0.367 e. The first-order valence-corrected chi connectivity index (χ1v) is 5.14. The molecule has 0 saturated heterocycles. The van der Waals surface area contributed by atoms with Crippen LogP contribution in [0.5, 0.6) is 0 Å². The Bertz CT molecular complexity index is 315. The predicted octanol–water partition coefficient (Wildman–Crippen LogP) is 3.31. The number of hydrogen-bond donors (Lipinski definition) is 0. The minimum absolute atomic E-state index is 0.0319. The molecule has 1 nitrogen and oxygen atoms in total. The molecule has 0 aromatic heterocycles. The number of hydrogen-bond acceptors (Lipinski definition) is 1. The summed E-state index contributed by atoms with van der Waals surface area (Å²) >= 11 is 0. The molecule has 1 aliphatic carbocycles. The van der Waals surface area contributed by atoms with Crippen LogP contribution in [0.25, 0.3) is 0 Å². The highest BCUT2D eigenvalue weighted by Crippen LogP contribution is 2.26. The van der Waals surface area contributed by atoms with E-state index in [1.54, 1.807) is 0 Å². The van der Waals surface area contributed by atoms with E-state index in [0.717, 1.165) is 12.8 Å². The van der Waals surface area contributed by atoms with Crippen LogP contribution in [-0.4, -0.2) is 5.60 Å². The summed E-state index contributed by atoms with van der Waals surface area (Å²) in [5, 5.41) is 0. The summed E-state index contributed by atoms with van der Waals surface area (Å²) in [6.45, 7) is 2.86. The van der Waals surface area contributed by atoms with E-state index < -0.39 is 0 Å². The van der Waals surface area contributed by atoms with Crippen LogP contribution in [-0.2, 0) is 11.3 Å². The Balaban J connectivity index is 1.91. The molecule has 14 heavy (non-hydrogen) atoms. The molecule has 0 heterocycles. The number of benzene rings is 1. The first-order chi connectivity index (χ1) is 6.79. The summed E-state index contributed by atoms with van der Waals surface area (Å²) in [5.74, 6) is 0. The largest absolute Gasteiger partial charge is 0.367 e. The Hall–Kier alpha value is -1.08. The van der Waals surface area contributed by atoms with Crippen molar-refractivity contribution in [2.75, 3.05) is 0 Å². The van der Waals surface area contributed by atoms with Crippen molar-refractivity contribution in [1.82, 2.24) is 0 Å². The van der Waals surface area contributed by atoms with Gasteiger partial charge in [-0.1, -0.05) is 42.5 Å². The van der Waals surface area contributed by atoms with Gasteiger partial charge in [0.05, 0.1) is 12.2 Å². The van der Waals surface area contributed by atoms with Gasteiger partial charge in [0.15, 0.2) is 0 Å².